The van der Waals surface area contributed by atoms with Gasteiger partial charge in [-0.3, -0.25) is 9.59 Å². The molecular formula is C21H19ClFN3O4. The number of carbonyl (C=O) groups is 1. The number of aliphatic hydroxyl groups excluding tert-OH is 2. The number of halogens is 2. The average Bonchev–Trinajstić information content (AvgIpc) is 2.74. The molecule has 0 radical (unpaired) electrons. The van der Waals surface area contributed by atoms with Crippen molar-refractivity contribution in [2.75, 3.05) is 13.2 Å². The van der Waals surface area contributed by atoms with Crippen molar-refractivity contribution in [2.45, 2.75) is 12.5 Å². The lowest BCUT2D eigenvalue weighted by Crippen LogP contribution is -2.41. The van der Waals surface area contributed by atoms with Crippen LogP contribution in [0.15, 0.2) is 59.4 Å². The first-order valence-electron chi connectivity index (χ1n) is 9.11. The Hall–Kier alpha value is -3.07. The van der Waals surface area contributed by atoms with Gasteiger partial charge in [-0.1, -0.05) is 29.8 Å². The molecule has 0 aliphatic heterocycles. The maximum absolute atomic E-state index is 13.7. The summed E-state index contributed by atoms with van der Waals surface area (Å²) in [6.45, 7) is -0.648. The molecule has 7 nitrogen and oxygen atoms in total. The van der Waals surface area contributed by atoms with Crippen molar-refractivity contribution < 1.29 is 19.4 Å². The number of nitrogens with zero attached hydrogens (tertiary/aromatic N) is 2. The Balaban J connectivity index is 2.14. The number of benzene rings is 2. The summed E-state index contributed by atoms with van der Waals surface area (Å²) >= 11 is 5.93. The number of amides is 1. The number of hydrogen-bond acceptors (Lipinski definition) is 5. The number of carbonyl (C=O) groups excluding carboxylic acids is 1. The quantitative estimate of drug-likeness (QED) is 0.532. The van der Waals surface area contributed by atoms with E-state index in [-0.39, 0.29) is 24.3 Å². The molecule has 1 heterocycles. The lowest BCUT2D eigenvalue weighted by atomic mass is 10.1. The van der Waals surface area contributed by atoms with Gasteiger partial charge in [-0.15, -0.1) is 0 Å². The van der Waals surface area contributed by atoms with Crippen LogP contribution in [0, 0.1) is 5.82 Å². The third kappa shape index (κ3) is 4.91. The minimum Gasteiger partial charge on any atom is -0.396 e. The first kappa shape index (κ1) is 21.6. The Labute approximate surface area is 176 Å². The van der Waals surface area contributed by atoms with E-state index in [0.29, 0.717) is 16.3 Å². The van der Waals surface area contributed by atoms with Gasteiger partial charge in [0.15, 0.2) is 0 Å². The minimum atomic E-state index is -0.753. The van der Waals surface area contributed by atoms with Crippen LogP contribution in [0.2, 0.25) is 5.02 Å². The first-order valence-corrected chi connectivity index (χ1v) is 9.49. The fourth-order valence-electron chi connectivity index (χ4n) is 2.83. The van der Waals surface area contributed by atoms with Crippen LogP contribution in [-0.4, -0.2) is 45.2 Å². The Bertz CT molecular complexity index is 1100. The fraction of sp³-hybridized carbons (Fsp3) is 0.190. The average molecular weight is 432 g/mol. The van der Waals surface area contributed by atoms with Gasteiger partial charge in [0.2, 0.25) is 0 Å². The van der Waals surface area contributed by atoms with E-state index < -0.39 is 29.9 Å². The molecule has 3 aromatic rings. The van der Waals surface area contributed by atoms with Gasteiger partial charge in [-0.25, -0.2) is 4.39 Å². The molecule has 0 fully saturated rings. The van der Waals surface area contributed by atoms with E-state index in [4.69, 9.17) is 16.7 Å². The summed E-state index contributed by atoms with van der Waals surface area (Å²) in [5.74, 6) is -1.30. The first-order chi connectivity index (χ1) is 14.4. The molecule has 0 aliphatic carbocycles. The van der Waals surface area contributed by atoms with Crippen molar-refractivity contribution in [3.8, 4) is 16.9 Å². The Kier molecular flexibility index (Phi) is 6.94. The second-order valence-corrected chi connectivity index (χ2v) is 6.95. The van der Waals surface area contributed by atoms with Crippen molar-refractivity contribution in [3.05, 3.63) is 81.4 Å². The topological polar surface area (TPSA) is 104 Å². The maximum atomic E-state index is 13.7. The minimum absolute atomic E-state index is 0.120. The van der Waals surface area contributed by atoms with Crippen molar-refractivity contribution in [1.82, 2.24) is 15.1 Å². The number of hydrogen-bond donors (Lipinski definition) is 3. The summed E-state index contributed by atoms with van der Waals surface area (Å²) in [7, 11) is 0. The van der Waals surface area contributed by atoms with Crippen LogP contribution in [-0.2, 0) is 0 Å². The zero-order valence-electron chi connectivity index (χ0n) is 15.8. The molecule has 156 valence electrons. The van der Waals surface area contributed by atoms with Gasteiger partial charge in [-0.2, -0.15) is 9.78 Å². The number of nitrogens with one attached hydrogen (secondary N) is 1. The largest absolute Gasteiger partial charge is 0.396 e. The normalized spacial score (nSPS) is 11.9. The molecule has 30 heavy (non-hydrogen) atoms. The van der Waals surface area contributed by atoms with Gasteiger partial charge in [0.1, 0.15) is 11.4 Å². The number of aromatic nitrogens is 2. The van der Waals surface area contributed by atoms with Crippen LogP contribution >= 0.6 is 11.6 Å². The maximum Gasteiger partial charge on any atom is 0.284 e. The summed E-state index contributed by atoms with van der Waals surface area (Å²) in [6, 6.07) is 12.5. The highest BCUT2D eigenvalue weighted by Crippen LogP contribution is 2.20. The van der Waals surface area contributed by atoms with E-state index in [9.17, 15) is 19.1 Å². The zero-order valence-corrected chi connectivity index (χ0v) is 16.5. The fourth-order valence-corrected chi connectivity index (χ4v) is 2.96. The molecule has 0 spiro atoms. The summed E-state index contributed by atoms with van der Waals surface area (Å²) in [5, 5.41) is 25.7. The van der Waals surface area contributed by atoms with Gasteiger partial charge in [-0.05, 0) is 42.8 Å². The van der Waals surface area contributed by atoms with Crippen molar-refractivity contribution >= 4 is 17.5 Å². The van der Waals surface area contributed by atoms with Gasteiger partial charge < -0.3 is 15.5 Å². The van der Waals surface area contributed by atoms with Crippen molar-refractivity contribution in [3.63, 3.8) is 0 Å². The summed E-state index contributed by atoms with van der Waals surface area (Å²) in [5.41, 5.74) is 0.0436. The van der Waals surface area contributed by atoms with E-state index in [1.807, 2.05) is 0 Å². The highest BCUT2D eigenvalue weighted by molar-refractivity contribution is 6.30. The van der Waals surface area contributed by atoms with Crippen molar-refractivity contribution in [1.29, 1.82) is 0 Å². The van der Waals surface area contributed by atoms with E-state index in [2.05, 4.69) is 10.4 Å². The van der Waals surface area contributed by atoms with Gasteiger partial charge in [0.25, 0.3) is 11.5 Å². The lowest BCUT2D eigenvalue weighted by Gasteiger charge is -2.16. The number of aliphatic hydroxyl groups is 2. The molecule has 0 aliphatic rings. The highest BCUT2D eigenvalue weighted by Gasteiger charge is 2.20. The van der Waals surface area contributed by atoms with Gasteiger partial charge in [0, 0.05) is 17.2 Å². The van der Waals surface area contributed by atoms with Crippen LogP contribution in [0.1, 0.15) is 16.8 Å². The van der Waals surface area contributed by atoms with Crippen molar-refractivity contribution in [2.24, 2.45) is 0 Å². The molecule has 2 aromatic carbocycles. The number of rotatable bonds is 7. The van der Waals surface area contributed by atoms with E-state index >= 15 is 0 Å². The third-order valence-electron chi connectivity index (χ3n) is 4.38. The van der Waals surface area contributed by atoms with Crippen LogP contribution in [0.25, 0.3) is 16.9 Å². The van der Waals surface area contributed by atoms with Crippen LogP contribution in [0.4, 0.5) is 4.39 Å². The van der Waals surface area contributed by atoms with Crippen LogP contribution < -0.4 is 10.9 Å². The molecular weight excluding hydrogens is 413 g/mol. The van der Waals surface area contributed by atoms with E-state index in [1.165, 1.54) is 24.3 Å². The second-order valence-electron chi connectivity index (χ2n) is 6.51. The second kappa shape index (κ2) is 9.62. The molecule has 9 heteroatoms. The van der Waals surface area contributed by atoms with Crippen LogP contribution in [0.5, 0.6) is 0 Å². The van der Waals surface area contributed by atoms with Crippen LogP contribution in [0.3, 0.4) is 0 Å². The standard InChI is InChI=1S/C21H19ClFN3O4/c22-14-6-4-13(5-7-14)19-11-18(20(29)24-16(12-28)8-9-27)21(30)26(25-19)17-3-1-2-15(23)10-17/h1-7,10-11,16,27-28H,8-9,12H2,(H,24,29)/t16-/m0/s1. The zero-order chi connectivity index (χ0) is 21.7. The Morgan fingerprint density at radius 3 is 2.53 bits per heavy atom. The molecule has 3 N–H and O–H groups in total. The predicted octanol–water partition coefficient (Wildman–Crippen LogP) is 2.17. The molecule has 0 saturated carbocycles. The third-order valence-corrected chi connectivity index (χ3v) is 4.63. The summed E-state index contributed by atoms with van der Waals surface area (Å²) in [6.07, 6.45) is 0.120. The molecule has 3 rings (SSSR count). The van der Waals surface area contributed by atoms with Gasteiger partial charge >= 0.3 is 0 Å². The SMILES string of the molecule is O=C(N[C@H](CO)CCO)c1cc(-c2ccc(Cl)cc2)nn(-c2cccc(F)c2)c1=O. The predicted molar refractivity (Wildman–Crippen MR) is 110 cm³/mol. The molecule has 0 unspecified atom stereocenters. The smallest absolute Gasteiger partial charge is 0.284 e. The monoisotopic (exact) mass is 431 g/mol. The molecule has 1 aromatic heterocycles. The molecule has 1 atom stereocenters. The summed E-state index contributed by atoms with van der Waals surface area (Å²) < 4.78 is 14.7. The van der Waals surface area contributed by atoms with E-state index in [1.54, 1.807) is 24.3 Å². The Morgan fingerprint density at radius 1 is 1.17 bits per heavy atom. The lowest BCUT2D eigenvalue weighted by molar-refractivity contribution is 0.0902. The summed E-state index contributed by atoms with van der Waals surface area (Å²) in [4.78, 5) is 25.7. The molecule has 0 saturated heterocycles. The highest BCUT2D eigenvalue weighted by atomic mass is 35.5. The molecule has 0 bridgehead atoms. The van der Waals surface area contributed by atoms with E-state index in [0.717, 1.165) is 10.7 Å². The molecule has 1 amide bonds. The Morgan fingerprint density at radius 2 is 1.90 bits per heavy atom. The van der Waals surface area contributed by atoms with Gasteiger partial charge in [0.05, 0.1) is 24.0 Å².